The first-order valence-electron chi connectivity index (χ1n) is 32.8. The van der Waals surface area contributed by atoms with Crippen molar-refractivity contribution in [1.82, 2.24) is 14.3 Å². The van der Waals surface area contributed by atoms with Crippen LogP contribution in [0, 0.1) is 0 Å². The summed E-state index contributed by atoms with van der Waals surface area (Å²) in [6.07, 6.45) is 7.68. The number of hydrogen-bond donors (Lipinski definition) is 0. The van der Waals surface area contributed by atoms with Crippen molar-refractivity contribution in [2.75, 3.05) is 34.6 Å². The first-order chi connectivity index (χ1) is 46.0. The zero-order chi connectivity index (χ0) is 66.9. The average molecular weight is 1280 g/mol. The van der Waals surface area contributed by atoms with Crippen LogP contribution < -0.4 is 46.6 Å². The van der Waals surface area contributed by atoms with Crippen LogP contribution in [0.5, 0.6) is 23.0 Å². The Bertz CT molecular complexity index is 5450. The van der Waals surface area contributed by atoms with Crippen LogP contribution in [0.4, 0.5) is 5.69 Å². The molecule has 96 heavy (non-hydrogen) atoms. The monoisotopic (exact) mass is 1280 g/mol. The molecule has 0 N–H and O–H groups in total. The molecule has 18 nitrogen and oxygen atoms in total. The number of hydrogen-bond acceptors (Lipinski definition) is 13. The molecule has 6 amide bonds. The summed E-state index contributed by atoms with van der Waals surface area (Å²) in [5, 5.41) is 4.46. The summed E-state index contributed by atoms with van der Waals surface area (Å²) >= 11 is 0. The van der Waals surface area contributed by atoms with E-state index in [1.807, 2.05) is 60.7 Å². The fourth-order valence-electron chi connectivity index (χ4n) is 15.1. The van der Waals surface area contributed by atoms with Gasteiger partial charge in [-0.1, -0.05) is 129 Å². The number of nitrogens with zero attached hydrogens (tertiary/aromatic N) is 6. The average Bonchev–Trinajstić information content (AvgIpc) is 0.763. The summed E-state index contributed by atoms with van der Waals surface area (Å²) in [6, 6.07) is 36.0. The van der Waals surface area contributed by atoms with E-state index in [1.165, 1.54) is 29.2 Å². The molecule has 1 saturated heterocycles. The van der Waals surface area contributed by atoms with Crippen molar-refractivity contribution < 1.29 is 38.2 Å². The molecule has 2 aromatic heterocycles. The van der Waals surface area contributed by atoms with Gasteiger partial charge in [0.2, 0.25) is 0 Å². The molecule has 4 aliphatic rings. The van der Waals surface area contributed by atoms with Crippen LogP contribution >= 0.6 is 0 Å². The van der Waals surface area contributed by atoms with Gasteiger partial charge in [-0.3, -0.25) is 52.8 Å². The topological polar surface area (TPSA) is 212 Å². The predicted molar refractivity (Wildman–Crippen MR) is 371 cm³/mol. The highest BCUT2D eigenvalue weighted by Gasteiger charge is 2.44. The molecule has 12 aromatic rings. The standard InChI is InChI=1S/C78H64N6O12/c1-8-9-10-11-12-13-35-80-67(85)47-27-29-49-62-50(30-28-48(61(47)62)68(80)86)70(88)81(69(49)87)82-71(89)51-36-53-54(37-52(51)72(82)90)74(92)83(73(53)91)84-75(93)55-38-58(95-42-23-19-40(20-24-42)77(2,3)4)64-45-18-16-17-44-57(79-33-14-15-34-79)32-31-46(60(44)45)65-59(39-56(76(84)94)63(55)66(64)65)96-43-25-21-41(22-26-43)78(5,6)7/h16-32,36-39H,8-15,33-35H2,1-7H3. The smallest absolute Gasteiger partial charge is 0.281 e. The SMILES string of the molecule is CCCCCCCCN1C(=O)c2ccc3c4c(ccc(c24)C1=O)C(=O)N(n1c(=O)c2cc4c(=O)n(N5C(=O)c6cc(Oc7ccc(C(C)(C)C)cc7)c7c8cccc9c(N%10CCCC%10)ccc(c%10c(Oc%11ccc(C(C)(C)C)cc%11)cc(c6c7%10)C5=O)c98)c(=O)c4cc2c1=O)C3=O. The number of rotatable bonds is 14. The van der Waals surface area contributed by atoms with Gasteiger partial charge in [-0.25, -0.2) is 0 Å². The quantitative estimate of drug-likeness (QED) is 0.0429. The van der Waals surface area contributed by atoms with Gasteiger partial charge in [-0.2, -0.15) is 19.4 Å². The zero-order valence-corrected chi connectivity index (χ0v) is 54.0. The second-order valence-corrected chi connectivity index (χ2v) is 27.9. The van der Waals surface area contributed by atoms with Gasteiger partial charge in [0.25, 0.3) is 57.7 Å². The fourth-order valence-corrected chi connectivity index (χ4v) is 15.1. The summed E-state index contributed by atoms with van der Waals surface area (Å²) in [7, 11) is 0. The molecule has 0 saturated carbocycles. The van der Waals surface area contributed by atoms with Crippen LogP contribution in [0.25, 0.3) is 75.4 Å². The lowest BCUT2D eigenvalue weighted by molar-refractivity contribution is 0.0605. The van der Waals surface area contributed by atoms with E-state index >= 15 is 19.2 Å². The normalized spacial score (nSPS) is 15.2. The van der Waals surface area contributed by atoms with Crippen LogP contribution in [-0.2, 0) is 10.8 Å². The van der Waals surface area contributed by atoms with E-state index in [-0.39, 0.29) is 78.4 Å². The van der Waals surface area contributed by atoms with Crippen molar-refractivity contribution in [2.24, 2.45) is 0 Å². The minimum absolute atomic E-state index is 0.0208. The van der Waals surface area contributed by atoms with Gasteiger partial charge in [-0.05, 0) is 136 Å². The second-order valence-electron chi connectivity index (χ2n) is 27.9. The Labute approximate surface area is 548 Å². The van der Waals surface area contributed by atoms with Crippen LogP contribution in [0.2, 0.25) is 0 Å². The van der Waals surface area contributed by atoms with Gasteiger partial charge in [0.1, 0.15) is 23.0 Å². The summed E-state index contributed by atoms with van der Waals surface area (Å²) < 4.78 is 14.7. The number of amides is 6. The molecule has 478 valence electrons. The Balaban J connectivity index is 0.837. The largest absolute Gasteiger partial charge is 0.457 e. The number of fused-ring (bicyclic) bond motifs is 4. The van der Waals surface area contributed by atoms with Crippen LogP contribution in [0.3, 0.4) is 0 Å². The van der Waals surface area contributed by atoms with Crippen molar-refractivity contribution in [3.05, 3.63) is 213 Å². The molecule has 4 aliphatic heterocycles. The van der Waals surface area contributed by atoms with Crippen molar-refractivity contribution in [1.29, 1.82) is 0 Å². The zero-order valence-electron chi connectivity index (χ0n) is 54.0. The molecule has 0 spiro atoms. The predicted octanol–water partition coefficient (Wildman–Crippen LogP) is 13.7. The molecule has 10 aromatic carbocycles. The number of ether oxygens (including phenoxy) is 2. The fraction of sp³-hybridized carbons (Fsp3) is 0.256. The lowest BCUT2D eigenvalue weighted by Crippen LogP contribution is -2.55. The van der Waals surface area contributed by atoms with Crippen molar-refractivity contribution in [2.45, 2.75) is 111 Å². The third-order valence-corrected chi connectivity index (χ3v) is 20.0. The molecule has 1 fully saturated rings. The third kappa shape index (κ3) is 8.68. The van der Waals surface area contributed by atoms with Gasteiger partial charge in [0.15, 0.2) is 0 Å². The molecule has 6 heterocycles. The molecule has 0 aliphatic carbocycles. The highest BCUT2D eigenvalue weighted by Crippen LogP contribution is 2.53. The molecule has 18 heteroatoms. The maximum absolute atomic E-state index is 15.8. The van der Waals surface area contributed by atoms with Crippen LogP contribution in [0.1, 0.15) is 173 Å². The van der Waals surface area contributed by atoms with E-state index < -0.39 is 79.2 Å². The van der Waals surface area contributed by atoms with Gasteiger partial charge < -0.3 is 14.4 Å². The summed E-state index contributed by atoms with van der Waals surface area (Å²) in [6.45, 7) is 16.7. The maximum atomic E-state index is 15.8. The minimum atomic E-state index is -1.20. The summed E-state index contributed by atoms with van der Waals surface area (Å²) in [4.78, 5) is 152. The molecule has 0 unspecified atom stereocenters. The number of unbranched alkanes of at least 4 members (excludes halogenated alkanes) is 5. The lowest BCUT2D eigenvalue weighted by Gasteiger charge is -2.31. The summed E-state index contributed by atoms with van der Waals surface area (Å²) in [5.41, 5.74) is -2.28. The molecule has 0 bridgehead atoms. The Kier molecular flexibility index (Phi) is 13.4. The minimum Gasteiger partial charge on any atom is -0.457 e. The molecule has 0 atom stereocenters. The molecular weight excluding hydrogens is 1210 g/mol. The highest BCUT2D eigenvalue weighted by molar-refractivity contribution is 6.43. The van der Waals surface area contributed by atoms with Gasteiger partial charge >= 0.3 is 0 Å². The van der Waals surface area contributed by atoms with Gasteiger partial charge in [-0.15, -0.1) is 0 Å². The van der Waals surface area contributed by atoms with Gasteiger partial charge in [0.05, 0.1) is 43.8 Å². The Morgan fingerprint density at radius 1 is 0.365 bits per heavy atom. The lowest BCUT2D eigenvalue weighted by atomic mass is 9.83. The first kappa shape index (κ1) is 59.8. The third-order valence-electron chi connectivity index (χ3n) is 20.0. The Morgan fingerprint density at radius 2 is 0.760 bits per heavy atom. The van der Waals surface area contributed by atoms with E-state index in [1.54, 1.807) is 12.1 Å². The van der Waals surface area contributed by atoms with E-state index in [2.05, 4.69) is 71.6 Å². The number of carbonyl (C=O) groups excluding carboxylic acids is 6. The molecular formula is C78H64N6O12. The summed E-state index contributed by atoms with van der Waals surface area (Å²) in [5.74, 6) is -4.14. The van der Waals surface area contributed by atoms with Crippen LogP contribution in [0.15, 0.2) is 147 Å². The number of anilines is 1. The van der Waals surface area contributed by atoms with Crippen molar-refractivity contribution in [3.63, 3.8) is 0 Å². The second kappa shape index (κ2) is 21.4. The number of aromatic nitrogens is 2. The van der Waals surface area contributed by atoms with E-state index in [0.29, 0.717) is 53.4 Å². The number of benzene rings is 10. The Hall–Kier alpha value is -11.1. The maximum Gasteiger partial charge on any atom is 0.281 e. The van der Waals surface area contributed by atoms with E-state index in [0.717, 1.165) is 109 Å². The Morgan fingerprint density at radius 3 is 1.21 bits per heavy atom. The van der Waals surface area contributed by atoms with Crippen molar-refractivity contribution >= 4 is 117 Å². The van der Waals surface area contributed by atoms with Crippen LogP contribution in [-0.4, -0.2) is 69.3 Å². The van der Waals surface area contributed by atoms with Gasteiger partial charge in [0, 0.05) is 74.2 Å². The highest BCUT2D eigenvalue weighted by atomic mass is 16.5. The molecule has 0 radical (unpaired) electrons. The first-order valence-corrected chi connectivity index (χ1v) is 32.8. The van der Waals surface area contributed by atoms with Crippen molar-refractivity contribution in [3.8, 4) is 23.0 Å². The number of carbonyl (C=O) groups is 6. The number of imide groups is 3. The van der Waals surface area contributed by atoms with E-state index in [9.17, 15) is 28.8 Å². The van der Waals surface area contributed by atoms with E-state index in [4.69, 9.17) is 9.47 Å². The molecule has 16 rings (SSSR count).